The van der Waals surface area contributed by atoms with Crippen molar-refractivity contribution >= 4 is 21.9 Å². The maximum absolute atomic E-state index is 12.2. The topological polar surface area (TPSA) is 29.5 Å². The molecule has 0 radical (unpaired) electrons. The predicted octanol–water partition coefficient (Wildman–Crippen LogP) is 4.14. The lowest BCUT2D eigenvalue weighted by atomic mass is 9.88. The number of hydrogen-bond donors (Lipinski definition) is 0. The molecule has 21 heavy (non-hydrogen) atoms. The zero-order valence-electron chi connectivity index (χ0n) is 12.5. The summed E-state index contributed by atoms with van der Waals surface area (Å²) in [6.45, 7) is 1.40. The van der Waals surface area contributed by atoms with E-state index in [0.29, 0.717) is 12.5 Å². The van der Waals surface area contributed by atoms with Crippen molar-refractivity contribution in [3.63, 3.8) is 0 Å². The first-order valence-electron chi connectivity index (χ1n) is 8.23. The second-order valence-electron chi connectivity index (χ2n) is 6.42. The summed E-state index contributed by atoms with van der Waals surface area (Å²) in [5.41, 5.74) is 1.32. The fourth-order valence-corrected chi connectivity index (χ4v) is 4.25. The third-order valence-electron chi connectivity index (χ3n) is 4.81. The molecular formula is C17H24BrNO2. The van der Waals surface area contributed by atoms with Crippen molar-refractivity contribution in [2.75, 3.05) is 13.1 Å². The molecule has 0 aromatic carbocycles. The largest absolute Gasteiger partial charge is 0.461 e. The van der Waals surface area contributed by atoms with E-state index in [-0.39, 0.29) is 12.1 Å². The van der Waals surface area contributed by atoms with Crippen LogP contribution in [-0.4, -0.2) is 30.1 Å². The molecule has 0 spiro atoms. The number of esters is 1. The molecule has 1 aliphatic heterocycles. The lowest BCUT2D eigenvalue weighted by Gasteiger charge is -2.38. The van der Waals surface area contributed by atoms with Crippen molar-refractivity contribution in [3.8, 4) is 0 Å². The molecule has 1 saturated carbocycles. The smallest absolute Gasteiger partial charge is 0.325 e. The Bertz CT molecular complexity index is 452. The van der Waals surface area contributed by atoms with Gasteiger partial charge in [0.05, 0.1) is 0 Å². The highest BCUT2D eigenvalue weighted by molar-refractivity contribution is 9.11. The quantitative estimate of drug-likeness (QED) is 0.714. The fourth-order valence-electron chi connectivity index (χ4n) is 3.72. The van der Waals surface area contributed by atoms with Gasteiger partial charge < -0.3 is 9.64 Å². The van der Waals surface area contributed by atoms with Crippen LogP contribution in [0, 0.1) is 5.92 Å². The Balaban J connectivity index is 1.57. The Morgan fingerprint density at radius 1 is 1.19 bits per heavy atom. The molecule has 1 atom stereocenters. The third-order valence-corrected chi connectivity index (χ3v) is 5.40. The van der Waals surface area contributed by atoms with Gasteiger partial charge in [-0.2, -0.15) is 0 Å². The molecular weight excluding hydrogens is 330 g/mol. The van der Waals surface area contributed by atoms with Gasteiger partial charge in [-0.3, -0.25) is 4.79 Å². The number of hydrogen-bond acceptors (Lipinski definition) is 3. The fraction of sp³-hybridized carbons (Fsp3) is 0.706. The molecule has 1 heterocycles. The van der Waals surface area contributed by atoms with E-state index in [4.69, 9.17) is 4.74 Å². The lowest BCUT2D eigenvalue weighted by Crippen LogP contribution is -2.39. The zero-order chi connectivity index (χ0) is 14.7. The molecule has 2 fully saturated rings. The molecule has 0 bridgehead atoms. The number of nitrogens with zero attached hydrogens (tertiary/aromatic N) is 1. The summed E-state index contributed by atoms with van der Waals surface area (Å²) < 4.78 is 6.93. The SMILES string of the molecule is O=C(CN1CCCC2CC(Br)=CC=C21)OC1CCCCC1. The van der Waals surface area contributed by atoms with Crippen LogP contribution in [0.5, 0.6) is 0 Å². The number of fused-ring (bicyclic) bond motifs is 1. The monoisotopic (exact) mass is 353 g/mol. The number of carbonyl (C=O) groups excluding carboxylic acids is 1. The summed E-state index contributed by atoms with van der Waals surface area (Å²) in [5, 5.41) is 0. The molecule has 1 unspecified atom stereocenters. The van der Waals surface area contributed by atoms with E-state index in [1.54, 1.807) is 0 Å². The van der Waals surface area contributed by atoms with Gasteiger partial charge in [-0.05, 0) is 55.5 Å². The van der Waals surface area contributed by atoms with E-state index in [1.807, 2.05) is 0 Å². The van der Waals surface area contributed by atoms with Crippen LogP contribution < -0.4 is 0 Å². The van der Waals surface area contributed by atoms with Gasteiger partial charge in [0.2, 0.25) is 0 Å². The first-order valence-corrected chi connectivity index (χ1v) is 9.02. The van der Waals surface area contributed by atoms with Crippen LogP contribution in [0.1, 0.15) is 51.4 Å². The number of likely N-dealkylation sites (tertiary alicyclic amines) is 1. The standard InChI is InChI=1S/C17H24BrNO2/c18-14-8-9-16-13(11-14)5-4-10-19(16)12-17(20)21-15-6-2-1-3-7-15/h8-9,13,15H,1-7,10-12H2. The van der Waals surface area contributed by atoms with Gasteiger partial charge in [0, 0.05) is 18.2 Å². The molecule has 116 valence electrons. The second kappa shape index (κ2) is 6.99. The van der Waals surface area contributed by atoms with E-state index in [1.165, 1.54) is 42.3 Å². The second-order valence-corrected chi connectivity index (χ2v) is 7.44. The van der Waals surface area contributed by atoms with E-state index in [2.05, 4.69) is 33.0 Å². The van der Waals surface area contributed by atoms with Crippen LogP contribution in [0.3, 0.4) is 0 Å². The normalized spacial score (nSPS) is 26.7. The molecule has 0 aromatic heterocycles. The molecule has 3 rings (SSSR count). The van der Waals surface area contributed by atoms with Gasteiger partial charge in [0.15, 0.2) is 0 Å². The average molecular weight is 354 g/mol. The zero-order valence-corrected chi connectivity index (χ0v) is 14.1. The first kappa shape index (κ1) is 15.1. The lowest BCUT2D eigenvalue weighted by molar-refractivity contribution is -0.151. The number of allylic oxidation sites excluding steroid dienone is 4. The van der Waals surface area contributed by atoms with E-state index in [9.17, 15) is 4.79 Å². The van der Waals surface area contributed by atoms with Crippen LogP contribution in [0.2, 0.25) is 0 Å². The summed E-state index contributed by atoms with van der Waals surface area (Å²) in [6, 6.07) is 0. The molecule has 2 aliphatic carbocycles. The molecule has 1 saturated heterocycles. The van der Waals surface area contributed by atoms with Crippen LogP contribution >= 0.6 is 15.9 Å². The van der Waals surface area contributed by atoms with Gasteiger partial charge in [-0.15, -0.1) is 0 Å². The Kier molecular flexibility index (Phi) is 5.04. The Hall–Kier alpha value is -0.770. The van der Waals surface area contributed by atoms with E-state index < -0.39 is 0 Å². The molecule has 0 N–H and O–H groups in total. The predicted molar refractivity (Wildman–Crippen MR) is 87.0 cm³/mol. The van der Waals surface area contributed by atoms with Crippen molar-refractivity contribution < 1.29 is 9.53 Å². The van der Waals surface area contributed by atoms with Gasteiger partial charge in [0.25, 0.3) is 0 Å². The van der Waals surface area contributed by atoms with Crippen molar-refractivity contribution in [2.45, 2.75) is 57.5 Å². The molecule has 3 aliphatic rings. The van der Waals surface area contributed by atoms with Crippen LogP contribution in [0.15, 0.2) is 22.3 Å². The summed E-state index contributed by atoms with van der Waals surface area (Å²) in [6.07, 6.45) is 13.7. The van der Waals surface area contributed by atoms with Gasteiger partial charge in [0.1, 0.15) is 12.6 Å². The molecule has 0 aromatic rings. The minimum absolute atomic E-state index is 0.0444. The Labute approximate surface area is 135 Å². The number of piperidine rings is 1. The van der Waals surface area contributed by atoms with Crippen molar-refractivity contribution in [1.29, 1.82) is 0 Å². The van der Waals surface area contributed by atoms with Crippen LogP contribution in [-0.2, 0) is 9.53 Å². The minimum Gasteiger partial charge on any atom is -0.461 e. The molecule has 0 amide bonds. The number of carbonyl (C=O) groups is 1. The minimum atomic E-state index is -0.0444. The highest BCUT2D eigenvalue weighted by atomic mass is 79.9. The number of ether oxygens (including phenoxy) is 1. The summed E-state index contributed by atoms with van der Waals surface area (Å²) in [4.78, 5) is 14.4. The van der Waals surface area contributed by atoms with Gasteiger partial charge >= 0.3 is 5.97 Å². The summed E-state index contributed by atoms with van der Waals surface area (Å²) in [5.74, 6) is 0.526. The number of rotatable bonds is 3. The maximum atomic E-state index is 12.2. The van der Waals surface area contributed by atoms with Gasteiger partial charge in [-0.1, -0.05) is 28.4 Å². The van der Waals surface area contributed by atoms with Gasteiger partial charge in [-0.25, -0.2) is 0 Å². The summed E-state index contributed by atoms with van der Waals surface area (Å²) in [7, 11) is 0. The van der Waals surface area contributed by atoms with E-state index in [0.717, 1.165) is 25.8 Å². The van der Waals surface area contributed by atoms with Crippen LogP contribution in [0.4, 0.5) is 0 Å². The van der Waals surface area contributed by atoms with Crippen LogP contribution in [0.25, 0.3) is 0 Å². The number of halogens is 1. The Morgan fingerprint density at radius 3 is 2.81 bits per heavy atom. The van der Waals surface area contributed by atoms with E-state index >= 15 is 0 Å². The first-order chi connectivity index (χ1) is 10.2. The highest BCUT2D eigenvalue weighted by Crippen LogP contribution is 2.36. The van der Waals surface area contributed by atoms with Crippen molar-refractivity contribution in [2.24, 2.45) is 5.92 Å². The summed E-state index contributed by atoms with van der Waals surface area (Å²) >= 11 is 3.59. The highest BCUT2D eigenvalue weighted by Gasteiger charge is 2.29. The van der Waals surface area contributed by atoms with Crippen molar-refractivity contribution in [1.82, 2.24) is 4.90 Å². The third kappa shape index (κ3) is 3.91. The molecule has 3 nitrogen and oxygen atoms in total. The average Bonchev–Trinajstić information content (AvgIpc) is 2.48. The van der Waals surface area contributed by atoms with Crippen molar-refractivity contribution in [3.05, 3.63) is 22.3 Å². The Morgan fingerprint density at radius 2 is 2.00 bits per heavy atom. The molecule has 4 heteroatoms. The maximum Gasteiger partial charge on any atom is 0.325 e.